The van der Waals surface area contributed by atoms with Crippen LogP contribution in [0.3, 0.4) is 0 Å². The van der Waals surface area contributed by atoms with Crippen LogP contribution in [0.15, 0.2) is 0 Å². The van der Waals surface area contributed by atoms with E-state index in [9.17, 15) is 0 Å². The van der Waals surface area contributed by atoms with Gasteiger partial charge in [-0.1, -0.05) is 38.5 Å². The van der Waals surface area contributed by atoms with E-state index in [0.717, 1.165) is 0 Å². The van der Waals surface area contributed by atoms with Crippen molar-refractivity contribution in [3.05, 3.63) is 0 Å². The fraction of sp³-hybridized carbons (Fsp3) is 1.00. The van der Waals surface area contributed by atoms with Crippen LogP contribution in [-0.4, -0.2) is 33.1 Å². The predicted molar refractivity (Wildman–Crippen MR) is 81.0 cm³/mol. The summed E-state index contributed by atoms with van der Waals surface area (Å²) in [6.45, 7) is 0.537. The maximum Gasteiger partial charge on any atom is 0.147 e. The van der Waals surface area contributed by atoms with Crippen molar-refractivity contribution in [3.8, 4) is 0 Å². The van der Waals surface area contributed by atoms with E-state index in [4.69, 9.17) is 9.47 Å². The van der Waals surface area contributed by atoms with Gasteiger partial charge in [0, 0.05) is 0 Å². The summed E-state index contributed by atoms with van der Waals surface area (Å²) in [6.07, 6.45) is 14.1. The molecule has 0 atom stereocenters. The van der Waals surface area contributed by atoms with E-state index in [2.05, 4.69) is 11.5 Å². The zero-order chi connectivity index (χ0) is 14.3. The van der Waals surface area contributed by atoms with Gasteiger partial charge in [-0.15, -0.1) is 0 Å². The summed E-state index contributed by atoms with van der Waals surface area (Å²) in [6, 6.07) is 0. The van der Waals surface area contributed by atoms with Gasteiger partial charge >= 0.3 is 0 Å². The van der Waals surface area contributed by atoms with E-state index in [0.29, 0.717) is 19.0 Å². The maximum absolute atomic E-state index is 5.76. The van der Waals surface area contributed by atoms with E-state index in [1.807, 2.05) is 0 Å². The van der Waals surface area contributed by atoms with Crippen molar-refractivity contribution in [2.75, 3.05) is 20.9 Å². The van der Waals surface area contributed by atoms with Crippen LogP contribution in [0.1, 0.15) is 64.2 Å². The molecule has 0 amide bonds. The molecule has 19 heavy (non-hydrogen) atoms. The lowest BCUT2D eigenvalue weighted by atomic mass is 9.98. The maximum atomic E-state index is 5.76. The molecule has 116 valence electrons. The number of ether oxygens (including phenoxy) is 2. The first-order valence-electron chi connectivity index (χ1n) is 7.84. The Balaban J connectivity index is 0.000000741. The summed E-state index contributed by atoms with van der Waals surface area (Å²) < 4.78 is 11.5. The topological polar surface area (TPSA) is 70.5 Å². The number of rotatable bonds is 4. The Morgan fingerprint density at radius 1 is 0.632 bits per heavy atom. The van der Waals surface area contributed by atoms with E-state index >= 15 is 0 Å². The summed E-state index contributed by atoms with van der Waals surface area (Å²) in [5.41, 5.74) is 9.00. The second-order valence-electron chi connectivity index (χ2n) is 4.97. The number of hydrogen-bond acceptors (Lipinski definition) is 4. The molecule has 0 aromatic carbocycles. The SMILES string of the molecule is C1CCC(OCOC2CCCCC2)CC1.CN.CN. The van der Waals surface area contributed by atoms with Gasteiger partial charge < -0.3 is 20.9 Å². The monoisotopic (exact) mass is 274 g/mol. The van der Waals surface area contributed by atoms with Gasteiger partial charge in [-0.2, -0.15) is 0 Å². The average molecular weight is 274 g/mol. The minimum atomic E-state index is 0.488. The summed E-state index contributed by atoms with van der Waals surface area (Å²) in [7, 11) is 3.00. The lowest BCUT2D eigenvalue weighted by molar-refractivity contribution is -0.131. The second kappa shape index (κ2) is 14.3. The molecule has 0 spiro atoms. The molecule has 4 nitrogen and oxygen atoms in total. The molecule has 2 saturated carbocycles. The van der Waals surface area contributed by atoms with Gasteiger partial charge in [-0.3, -0.25) is 0 Å². The van der Waals surface area contributed by atoms with Crippen molar-refractivity contribution in [3.63, 3.8) is 0 Å². The molecule has 2 aliphatic carbocycles. The Morgan fingerprint density at radius 2 is 0.947 bits per heavy atom. The highest BCUT2D eigenvalue weighted by Gasteiger charge is 2.16. The molecule has 0 radical (unpaired) electrons. The van der Waals surface area contributed by atoms with Crippen LogP contribution >= 0.6 is 0 Å². The Bertz CT molecular complexity index is 150. The Hall–Kier alpha value is -0.160. The van der Waals surface area contributed by atoms with Crippen molar-refractivity contribution >= 4 is 0 Å². The fourth-order valence-corrected chi connectivity index (χ4v) is 2.70. The predicted octanol–water partition coefficient (Wildman–Crippen LogP) is 2.79. The summed E-state index contributed by atoms with van der Waals surface area (Å²) in [4.78, 5) is 0. The number of nitrogens with two attached hydrogens (primary N) is 2. The minimum Gasteiger partial charge on any atom is -0.352 e. The first kappa shape index (κ1) is 18.8. The molecular weight excluding hydrogens is 240 g/mol. The summed E-state index contributed by atoms with van der Waals surface area (Å²) in [5.74, 6) is 0. The highest BCUT2D eigenvalue weighted by molar-refractivity contribution is 4.66. The van der Waals surface area contributed by atoms with Gasteiger partial charge in [0.15, 0.2) is 0 Å². The molecule has 2 aliphatic rings. The van der Waals surface area contributed by atoms with Crippen LogP contribution in [0.4, 0.5) is 0 Å². The zero-order valence-corrected chi connectivity index (χ0v) is 12.9. The zero-order valence-electron chi connectivity index (χ0n) is 12.9. The van der Waals surface area contributed by atoms with Crippen LogP contribution in [0.5, 0.6) is 0 Å². The smallest absolute Gasteiger partial charge is 0.147 e. The minimum absolute atomic E-state index is 0.488. The van der Waals surface area contributed by atoms with Crippen LogP contribution in [-0.2, 0) is 9.47 Å². The van der Waals surface area contributed by atoms with Crippen molar-refractivity contribution < 1.29 is 9.47 Å². The van der Waals surface area contributed by atoms with Gasteiger partial charge in [-0.25, -0.2) is 0 Å². The number of hydrogen-bond donors (Lipinski definition) is 2. The van der Waals surface area contributed by atoms with Crippen molar-refractivity contribution in [2.45, 2.75) is 76.4 Å². The average Bonchev–Trinajstić information content (AvgIpc) is 2.53. The Kier molecular flexibility index (Phi) is 14.1. The van der Waals surface area contributed by atoms with E-state index in [1.165, 1.54) is 78.3 Å². The lowest BCUT2D eigenvalue weighted by Crippen LogP contribution is -2.23. The van der Waals surface area contributed by atoms with Gasteiger partial charge in [0.25, 0.3) is 0 Å². The Labute approximate surface area is 119 Å². The van der Waals surface area contributed by atoms with Crippen molar-refractivity contribution in [1.29, 1.82) is 0 Å². The lowest BCUT2D eigenvalue weighted by Gasteiger charge is -2.25. The third kappa shape index (κ3) is 9.38. The van der Waals surface area contributed by atoms with Gasteiger partial charge in [0.1, 0.15) is 6.79 Å². The Morgan fingerprint density at radius 3 is 1.26 bits per heavy atom. The van der Waals surface area contributed by atoms with Crippen molar-refractivity contribution in [1.82, 2.24) is 0 Å². The molecule has 2 rings (SSSR count). The fourth-order valence-electron chi connectivity index (χ4n) is 2.70. The van der Waals surface area contributed by atoms with Gasteiger partial charge in [-0.05, 0) is 39.8 Å². The van der Waals surface area contributed by atoms with Crippen LogP contribution in [0.25, 0.3) is 0 Å². The summed E-state index contributed by atoms with van der Waals surface area (Å²) in [5, 5.41) is 0. The van der Waals surface area contributed by atoms with E-state index in [1.54, 1.807) is 0 Å². The first-order valence-corrected chi connectivity index (χ1v) is 7.84. The largest absolute Gasteiger partial charge is 0.352 e. The molecule has 2 fully saturated rings. The summed E-state index contributed by atoms with van der Waals surface area (Å²) >= 11 is 0. The molecule has 4 N–H and O–H groups in total. The van der Waals surface area contributed by atoms with Crippen LogP contribution < -0.4 is 11.5 Å². The molecule has 0 saturated heterocycles. The molecule has 0 aromatic rings. The second-order valence-corrected chi connectivity index (χ2v) is 4.97. The quantitative estimate of drug-likeness (QED) is 0.773. The molecule has 0 heterocycles. The third-order valence-corrected chi connectivity index (χ3v) is 3.71. The molecule has 0 aliphatic heterocycles. The van der Waals surface area contributed by atoms with E-state index in [-0.39, 0.29) is 0 Å². The third-order valence-electron chi connectivity index (χ3n) is 3.71. The van der Waals surface area contributed by atoms with Gasteiger partial charge in [0.2, 0.25) is 0 Å². The molecular formula is C15H34N2O2. The van der Waals surface area contributed by atoms with Gasteiger partial charge in [0.05, 0.1) is 12.2 Å². The van der Waals surface area contributed by atoms with Crippen molar-refractivity contribution in [2.24, 2.45) is 11.5 Å². The normalized spacial score (nSPS) is 20.8. The molecule has 0 unspecified atom stereocenters. The highest BCUT2D eigenvalue weighted by atomic mass is 16.7. The van der Waals surface area contributed by atoms with Crippen LogP contribution in [0.2, 0.25) is 0 Å². The molecule has 0 bridgehead atoms. The standard InChI is InChI=1S/C13H24O2.2CH5N/c1-3-7-12(8-4-1)14-11-15-13-9-5-2-6-10-13;2*1-2/h12-13H,1-11H2;2*2H2,1H3. The molecule has 4 heteroatoms. The molecule has 0 aromatic heterocycles. The van der Waals surface area contributed by atoms with E-state index < -0.39 is 0 Å². The van der Waals surface area contributed by atoms with Crippen LogP contribution in [0, 0.1) is 0 Å². The first-order chi connectivity index (χ1) is 9.45. The highest BCUT2D eigenvalue weighted by Crippen LogP contribution is 2.22.